The fraction of sp³-hybridized carbons (Fsp3) is 0.727. The Labute approximate surface area is 105 Å². The number of thiazole rings is 1. The van der Waals surface area contributed by atoms with Gasteiger partial charge in [0.15, 0.2) is 5.13 Å². The van der Waals surface area contributed by atoms with Gasteiger partial charge in [-0.25, -0.2) is 4.98 Å². The Morgan fingerprint density at radius 1 is 1.71 bits per heavy atom. The van der Waals surface area contributed by atoms with Crippen LogP contribution in [0.4, 0.5) is 5.13 Å². The summed E-state index contributed by atoms with van der Waals surface area (Å²) in [6.07, 6.45) is -0.0874. The Bertz CT molecular complexity index is 381. The summed E-state index contributed by atoms with van der Waals surface area (Å²) in [5.74, 6) is 0. The van der Waals surface area contributed by atoms with Crippen LogP contribution < -0.4 is 5.32 Å². The lowest BCUT2D eigenvalue weighted by Gasteiger charge is -2.39. The second kappa shape index (κ2) is 4.89. The summed E-state index contributed by atoms with van der Waals surface area (Å²) < 4.78 is 0. The van der Waals surface area contributed by atoms with Gasteiger partial charge in [-0.15, -0.1) is 11.3 Å². The first kappa shape index (κ1) is 12.8. The van der Waals surface area contributed by atoms with Crippen molar-refractivity contribution in [2.24, 2.45) is 0 Å². The van der Waals surface area contributed by atoms with Gasteiger partial charge in [0.1, 0.15) is 0 Å². The molecule has 1 aliphatic rings. The van der Waals surface area contributed by atoms with Gasteiger partial charge in [-0.05, 0) is 13.3 Å². The highest BCUT2D eigenvalue weighted by Gasteiger charge is 2.36. The number of likely N-dealkylation sites (tertiary alicyclic amines) is 1. The van der Waals surface area contributed by atoms with Crippen LogP contribution in [0.3, 0.4) is 0 Å². The van der Waals surface area contributed by atoms with E-state index >= 15 is 0 Å². The number of aromatic nitrogens is 1. The zero-order valence-corrected chi connectivity index (χ0v) is 11.0. The van der Waals surface area contributed by atoms with Crippen LogP contribution >= 0.6 is 11.3 Å². The van der Waals surface area contributed by atoms with Crippen LogP contribution in [0.2, 0.25) is 0 Å². The fourth-order valence-electron chi connectivity index (χ4n) is 1.95. The SMILES string of the molecule is CNc1nc(CN2CC[C@](C)(O)[C@H](O)C2)cs1. The van der Waals surface area contributed by atoms with E-state index in [0.717, 1.165) is 23.9 Å². The van der Waals surface area contributed by atoms with Crippen LogP contribution in [-0.2, 0) is 6.54 Å². The summed E-state index contributed by atoms with van der Waals surface area (Å²) in [7, 11) is 1.85. The topological polar surface area (TPSA) is 68.6 Å². The van der Waals surface area contributed by atoms with Gasteiger partial charge in [-0.1, -0.05) is 0 Å². The number of hydrogen-bond donors (Lipinski definition) is 3. The lowest BCUT2D eigenvalue weighted by Crippen LogP contribution is -2.53. The molecule has 1 aromatic heterocycles. The Kier molecular flexibility index (Phi) is 3.67. The number of aliphatic hydroxyl groups is 2. The van der Waals surface area contributed by atoms with Crippen molar-refractivity contribution in [3.05, 3.63) is 11.1 Å². The molecular weight excluding hydrogens is 238 g/mol. The fourth-order valence-corrected chi connectivity index (χ4v) is 2.61. The molecule has 96 valence electrons. The highest BCUT2D eigenvalue weighted by atomic mass is 32.1. The molecule has 2 rings (SSSR count). The standard InChI is InChI=1S/C11H19N3O2S/c1-11(16)3-4-14(6-9(11)15)5-8-7-17-10(12-2)13-8/h7,9,15-16H,3-6H2,1-2H3,(H,12,13)/t9-,11+/m1/s1. The number of nitrogens with zero attached hydrogens (tertiary/aromatic N) is 2. The molecule has 0 saturated carbocycles. The van der Waals surface area contributed by atoms with Gasteiger partial charge in [-0.2, -0.15) is 0 Å². The van der Waals surface area contributed by atoms with Gasteiger partial charge >= 0.3 is 0 Å². The maximum atomic E-state index is 9.87. The number of nitrogens with one attached hydrogen (secondary N) is 1. The summed E-state index contributed by atoms with van der Waals surface area (Å²) >= 11 is 1.58. The lowest BCUT2D eigenvalue weighted by atomic mass is 9.91. The van der Waals surface area contributed by atoms with Crippen molar-refractivity contribution in [3.8, 4) is 0 Å². The van der Waals surface area contributed by atoms with E-state index < -0.39 is 11.7 Å². The van der Waals surface area contributed by atoms with E-state index in [9.17, 15) is 10.2 Å². The number of anilines is 1. The minimum atomic E-state index is -0.950. The quantitative estimate of drug-likeness (QED) is 0.736. The van der Waals surface area contributed by atoms with E-state index in [2.05, 4.69) is 15.2 Å². The smallest absolute Gasteiger partial charge is 0.182 e. The van der Waals surface area contributed by atoms with E-state index in [1.54, 1.807) is 18.3 Å². The van der Waals surface area contributed by atoms with Gasteiger partial charge in [-0.3, -0.25) is 4.90 Å². The van der Waals surface area contributed by atoms with Gasteiger partial charge in [0, 0.05) is 32.1 Å². The van der Waals surface area contributed by atoms with Crippen LogP contribution in [0.1, 0.15) is 19.0 Å². The van der Waals surface area contributed by atoms with E-state index in [1.165, 1.54) is 0 Å². The average Bonchev–Trinajstić information content (AvgIpc) is 2.72. The Hall–Kier alpha value is -0.690. The van der Waals surface area contributed by atoms with Crippen molar-refractivity contribution in [3.63, 3.8) is 0 Å². The third kappa shape index (κ3) is 2.95. The summed E-state index contributed by atoms with van der Waals surface area (Å²) in [5.41, 5.74) is 0.0578. The molecular formula is C11H19N3O2S. The molecule has 6 heteroatoms. The maximum absolute atomic E-state index is 9.87. The monoisotopic (exact) mass is 257 g/mol. The highest BCUT2D eigenvalue weighted by molar-refractivity contribution is 7.13. The molecule has 5 nitrogen and oxygen atoms in total. The van der Waals surface area contributed by atoms with Crippen LogP contribution in [0.15, 0.2) is 5.38 Å². The van der Waals surface area contributed by atoms with Gasteiger partial charge in [0.2, 0.25) is 0 Å². The molecule has 0 aromatic carbocycles. The van der Waals surface area contributed by atoms with Gasteiger partial charge in [0.05, 0.1) is 17.4 Å². The van der Waals surface area contributed by atoms with Crippen LogP contribution in [0.25, 0.3) is 0 Å². The van der Waals surface area contributed by atoms with Crippen molar-refractivity contribution in [2.45, 2.75) is 31.6 Å². The summed E-state index contributed by atoms with van der Waals surface area (Å²) in [5, 5.41) is 25.6. The lowest BCUT2D eigenvalue weighted by molar-refractivity contribution is -0.108. The summed E-state index contributed by atoms with van der Waals surface area (Å²) in [6.45, 7) is 3.71. The molecule has 0 unspecified atom stereocenters. The molecule has 1 saturated heterocycles. The number of β-amino-alcohol motifs (C(OH)–C–C–N with tert-alkyl or cyclic N) is 1. The highest BCUT2D eigenvalue weighted by Crippen LogP contribution is 2.24. The van der Waals surface area contributed by atoms with Crippen molar-refractivity contribution >= 4 is 16.5 Å². The number of hydrogen-bond acceptors (Lipinski definition) is 6. The first-order chi connectivity index (χ1) is 8.01. The summed E-state index contributed by atoms with van der Waals surface area (Å²) in [4.78, 5) is 6.53. The van der Waals surface area contributed by atoms with Gasteiger partial charge < -0.3 is 15.5 Å². The largest absolute Gasteiger partial charge is 0.389 e. The van der Waals surface area contributed by atoms with Crippen molar-refractivity contribution in [1.82, 2.24) is 9.88 Å². The van der Waals surface area contributed by atoms with Crippen LogP contribution in [0.5, 0.6) is 0 Å². The van der Waals surface area contributed by atoms with E-state index in [1.807, 2.05) is 12.4 Å². The van der Waals surface area contributed by atoms with Crippen LogP contribution in [0, 0.1) is 0 Å². The van der Waals surface area contributed by atoms with Crippen molar-refractivity contribution in [2.75, 3.05) is 25.5 Å². The molecule has 2 heterocycles. The zero-order chi connectivity index (χ0) is 12.5. The van der Waals surface area contributed by atoms with Crippen molar-refractivity contribution in [1.29, 1.82) is 0 Å². The minimum absolute atomic E-state index is 0.499. The van der Waals surface area contributed by atoms with E-state index in [-0.39, 0.29) is 0 Å². The first-order valence-corrected chi connectivity index (χ1v) is 6.64. The second-order valence-corrected chi connectivity index (χ2v) is 5.61. The average molecular weight is 257 g/mol. The molecule has 0 amide bonds. The zero-order valence-electron chi connectivity index (χ0n) is 10.2. The maximum Gasteiger partial charge on any atom is 0.182 e. The van der Waals surface area contributed by atoms with E-state index in [4.69, 9.17) is 0 Å². The molecule has 0 radical (unpaired) electrons. The van der Waals surface area contributed by atoms with Crippen molar-refractivity contribution < 1.29 is 10.2 Å². The number of aliphatic hydroxyl groups excluding tert-OH is 1. The predicted octanol–water partition coefficient (Wildman–Crippen LogP) is 0.502. The molecule has 2 atom stereocenters. The molecule has 0 bridgehead atoms. The number of piperidine rings is 1. The minimum Gasteiger partial charge on any atom is -0.389 e. The molecule has 17 heavy (non-hydrogen) atoms. The number of rotatable bonds is 3. The molecule has 1 aliphatic heterocycles. The first-order valence-electron chi connectivity index (χ1n) is 5.76. The Morgan fingerprint density at radius 2 is 2.47 bits per heavy atom. The molecule has 1 aromatic rings. The van der Waals surface area contributed by atoms with E-state index in [0.29, 0.717) is 13.0 Å². The normalized spacial score (nSPS) is 30.5. The summed E-state index contributed by atoms with van der Waals surface area (Å²) in [6, 6.07) is 0. The molecule has 0 spiro atoms. The third-order valence-corrected chi connectivity index (χ3v) is 4.14. The Balaban J connectivity index is 1.92. The second-order valence-electron chi connectivity index (χ2n) is 4.75. The third-order valence-electron chi connectivity index (χ3n) is 3.23. The molecule has 1 fully saturated rings. The van der Waals surface area contributed by atoms with Crippen LogP contribution in [-0.4, -0.2) is 51.9 Å². The van der Waals surface area contributed by atoms with Gasteiger partial charge in [0.25, 0.3) is 0 Å². The molecule has 0 aliphatic carbocycles. The molecule has 3 N–H and O–H groups in total. The Morgan fingerprint density at radius 3 is 3.06 bits per heavy atom. The predicted molar refractivity (Wildman–Crippen MR) is 68.2 cm³/mol.